The van der Waals surface area contributed by atoms with Gasteiger partial charge in [0.25, 0.3) is 0 Å². The summed E-state index contributed by atoms with van der Waals surface area (Å²) in [7, 11) is 0. The van der Waals surface area contributed by atoms with Crippen molar-refractivity contribution in [2.45, 2.75) is 12.8 Å². The van der Waals surface area contributed by atoms with E-state index in [-0.39, 0.29) is 18.0 Å². The van der Waals surface area contributed by atoms with E-state index in [1.807, 2.05) is 0 Å². The molecule has 0 fully saturated rings. The smallest absolute Gasteiger partial charge is 0.392 e. The van der Waals surface area contributed by atoms with Crippen LogP contribution >= 0.6 is 0 Å². The maximum Gasteiger partial charge on any atom is 0.416 e. The van der Waals surface area contributed by atoms with E-state index in [2.05, 4.69) is 9.97 Å². The average molecular weight is 254 g/mol. The predicted molar refractivity (Wildman–Crippen MR) is 58.4 cm³/mol. The molecule has 0 atom stereocenters. The highest BCUT2D eigenvalue weighted by atomic mass is 19.4. The number of aliphatic hydroxyl groups excluding tert-OH is 1. The molecule has 0 unspecified atom stereocenters. The fraction of sp³-hybridized carbons (Fsp3) is 0.167. The van der Waals surface area contributed by atoms with Gasteiger partial charge in [-0.25, -0.2) is 9.97 Å². The lowest BCUT2D eigenvalue weighted by molar-refractivity contribution is -0.137. The van der Waals surface area contributed by atoms with E-state index in [1.165, 1.54) is 24.5 Å². The van der Waals surface area contributed by atoms with Crippen LogP contribution in [0.3, 0.4) is 0 Å². The number of rotatable bonds is 2. The van der Waals surface area contributed by atoms with Crippen LogP contribution in [-0.2, 0) is 12.8 Å². The number of halogens is 3. The number of aliphatic hydroxyl groups is 1. The van der Waals surface area contributed by atoms with Gasteiger partial charge in [-0.1, -0.05) is 12.1 Å². The van der Waals surface area contributed by atoms with Crippen LogP contribution in [-0.4, -0.2) is 15.1 Å². The number of aromatic nitrogens is 2. The fourth-order valence-electron chi connectivity index (χ4n) is 1.42. The summed E-state index contributed by atoms with van der Waals surface area (Å²) in [6.07, 6.45) is -1.63. The van der Waals surface area contributed by atoms with E-state index in [0.29, 0.717) is 5.56 Å². The van der Waals surface area contributed by atoms with Gasteiger partial charge >= 0.3 is 6.18 Å². The Hall–Kier alpha value is -1.95. The molecule has 1 aromatic heterocycles. The molecule has 1 aromatic carbocycles. The van der Waals surface area contributed by atoms with Crippen molar-refractivity contribution in [3.63, 3.8) is 0 Å². The Morgan fingerprint density at radius 1 is 1.11 bits per heavy atom. The number of hydrogen-bond donors (Lipinski definition) is 1. The Morgan fingerprint density at radius 3 is 2.33 bits per heavy atom. The molecular formula is C12H9F3N2O. The molecule has 18 heavy (non-hydrogen) atoms. The van der Waals surface area contributed by atoms with E-state index in [4.69, 9.17) is 5.11 Å². The lowest BCUT2D eigenvalue weighted by atomic mass is 10.1. The van der Waals surface area contributed by atoms with Crippen LogP contribution < -0.4 is 0 Å². The molecule has 94 valence electrons. The van der Waals surface area contributed by atoms with Gasteiger partial charge < -0.3 is 5.11 Å². The zero-order valence-electron chi connectivity index (χ0n) is 9.15. The average Bonchev–Trinajstić information content (AvgIpc) is 2.38. The molecule has 0 bridgehead atoms. The maximum absolute atomic E-state index is 12.5. The maximum atomic E-state index is 12.5. The third-order valence-electron chi connectivity index (χ3n) is 2.34. The molecule has 0 radical (unpaired) electrons. The van der Waals surface area contributed by atoms with Crippen molar-refractivity contribution in [2.75, 3.05) is 0 Å². The van der Waals surface area contributed by atoms with Crippen molar-refractivity contribution in [3.05, 3.63) is 47.8 Å². The highest BCUT2D eigenvalue weighted by Crippen LogP contribution is 2.31. The van der Waals surface area contributed by atoms with Gasteiger partial charge in [0.1, 0.15) is 0 Å². The second-order valence-electron chi connectivity index (χ2n) is 3.65. The summed E-state index contributed by atoms with van der Waals surface area (Å²) in [5.41, 5.74) is 0.0508. The normalized spacial score (nSPS) is 11.6. The van der Waals surface area contributed by atoms with Gasteiger partial charge in [-0.15, -0.1) is 0 Å². The van der Waals surface area contributed by atoms with Gasteiger partial charge in [-0.3, -0.25) is 0 Å². The molecule has 0 saturated heterocycles. The van der Waals surface area contributed by atoms with Crippen LogP contribution in [0.4, 0.5) is 13.2 Å². The Balaban J connectivity index is 2.38. The van der Waals surface area contributed by atoms with Gasteiger partial charge in [0.05, 0.1) is 12.2 Å². The van der Waals surface area contributed by atoms with Gasteiger partial charge in [0, 0.05) is 23.5 Å². The third-order valence-corrected chi connectivity index (χ3v) is 2.34. The summed E-state index contributed by atoms with van der Waals surface area (Å²) in [6.45, 7) is -0.205. The zero-order chi connectivity index (χ0) is 13.2. The Kier molecular flexibility index (Phi) is 3.29. The third kappa shape index (κ3) is 2.65. The van der Waals surface area contributed by atoms with Crippen LogP contribution in [0, 0.1) is 0 Å². The first-order chi connectivity index (χ1) is 8.50. The van der Waals surface area contributed by atoms with Gasteiger partial charge in [-0.05, 0) is 12.1 Å². The van der Waals surface area contributed by atoms with Crippen molar-refractivity contribution < 1.29 is 18.3 Å². The lowest BCUT2D eigenvalue weighted by Gasteiger charge is -2.08. The quantitative estimate of drug-likeness (QED) is 0.896. The van der Waals surface area contributed by atoms with Crippen LogP contribution in [0.15, 0.2) is 36.7 Å². The SMILES string of the molecule is OCc1cnc(-c2cccc(C(F)(F)F)c2)nc1. The molecule has 1 heterocycles. The summed E-state index contributed by atoms with van der Waals surface area (Å²) in [6, 6.07) is 4.80. The molecule has 6 heteroatoms. The van der Waals surface area contributed by atoms with Gasteiger partial charge in [0.15, 0.2) is 5.82 Å². The first-order valence-corrected chi connectivity index (χ1v) is 5.10. The minimum Gasteiger partial charge on any atom is -0.392 e. The highest BCUT2D eigenvalue weighted by Gasteiger charge is 2.30. The van der Waals surface area contributed by atoms with Gasteiger partial charge in [-0.2, -0.15) is 13.2 Å². The molecule has 1 N–H and O–H groups in total. The number of hydrogen-bond acceptors (Lipinski definition) is 3. The van der Waals surface area contributed by atoms with E-state index in [1.54, 1.807) is 0 Å². The van der Waals surface area contributed by atoms with Crippen LogP contribution in [0.2, 0.25) is 0 Å². The highest BCUT2D eigenvalue weighted by molar-refractivity contribution is 5.56. The van der Waals surface area contributed by atoms with E-state index >= 15 is 0 Å². The number of nitrogens with zero attached hydrogens (tertiary/aromatic N) is 2. The van der Waals surface area contributed by atoms with Crippen molar-refractivity contribution in [2.24, 2.45) is 0 Å². The summed E-state index contributed by atoms with van der Waals surface area (Å²) >= 11 is 0. The molecule has 0 saturated carbocycles. The first kappa shape index (κ1) is 12.5. The second-order valence-corrected chi connectivity index (χ2v) is 3.65. The molecular weight excluding hydrogens is 245 g/mol. The van der Waals surface area contributed by atoms with Crippen molar-refractivity contribution in [1.82, 2.24) is 9.97 Å². The lowest BCUT2D eigenvalue weighted by Crippen LogP contribution is -2.04. The number of alkyl halides is 3. The molecule has 0 aliphatic carbocycles. The van der Waals surface area contributed by atoms with Crippen molar-refractivity contribution in [3.8, 4) is 11.4 Å². The van der Waals surface area contributed by atoms with E-state index in [9.17, 15) is 13.2 Å². The summed E-state index contributed by atoms with van der Waals surface area (Å²) in [5.74, 6) is 0.193. The summed E-state index contributed by atoms with van der Waals surface area (Å²) < 4.78 is 37.6. The van der Waals surface area contributed by atoms with Crippen LogP contribution in [0.5, 0.6) is 0 Å². The largest absolute Gasteiger partial charge is 0.416 e. The standard InChI is InChI=1S/C12H9F3N2O/c13-12(14,15)10-3-1-2-9(4-10)11-16-5-8(7-18)6-17-11/h1-6,18H,7H2. The molecule has 2 rings (SSSR count). The first-order valence-electron chi connectivity index (χ1n) is 5.10. The molecule has 0 spiro atoms. The minimum atomic E-state index is -4.39. The fourth-order valence-corrected chi connectivity index (χ4v) is 1.42. The molecule has 0 amide bonds. The zero-order valence-corrected chi connectivity index (χ0v) is 9.15. The van der Waals surface area contributed by atoms with Crippen LogP contribution in [0.25, 0.3) is 11.4 Å². The van der Waals surface area contributed by atoms with Crippen molar-refractivity contribution >= 4 is 0 Å². The van der Waals surface area contributed by atoms with Crippen molar-refractivity contribution in [1.29, 1.82) is 0 Å². The Labute approximate surface area is 101 Å². The molecule has 0 aliphatic rings. The second kappa shape index (κ2) is 4.73. The molecule has 3 nitrogen and oxygen atoms in total. The van der Waals surface area contributed by atoms with Crippen LogP contribution in [0.1, 0.15) is 11.1 Å². The summed E-state index contributed by atoms with van der Waals surface area (Å²) in [5, 5.41) is 8.82. The Bertz CT molecular complexity index is 538. The number of benzene rings is 1. The summed E-state index contributed by atoms with van der Waals surface area (Å²) in [4.78, 5) is 7.81. The van der Waals surface area contributed by atoms with Gasteiger partial charge in [0.2, 0.25) is 0 Å². The predicted octanol–water partition coefficient (Wildman–Crippen LogP) is 2.65. The monoisotopic (exact) mass is 254 g/mol. The minimum absolute atomic E-state index is 0.193. The molecule has 2 aromatic rings. The molecule has 0 aliphatic heterocycles. The topological polar surface area (TPSA) is 46.0 Å². The van der Waals surface area contributed by atoms with E-state index in [0.717, 1.165) is 12.1 Å². The van der Waals surface area contributed by atoms with E-state index < -0.39 is 11.7 Å². The Morgan fingerprint density at radius 2 is 1.78 bits per heavy atom.